The summed E-state index contributed by atoms with van der Waals surface area (Å²) in [5, 5.41) is 0. The van der Waals surface area contributed by atoms with Crippen LogP contribution in [0.2, 0.25) is 0 Å². The second-order valence-electron chi connectivity index (χ2n) is 5.49. The van der Waals surface area contributed by atoms with Gasteiger partial charge in [0.2, 0.25) is 0 Å². The third-order valence-electron chi connectivity index (χ3n) is 3.54. The zero-order valence-electron chi connectivity index (χ0n) is 14.0. The monoisotopic (exact) mass is 292 g/mol. The van der Waals surface area contributed by atoms with Crippen molar-refractivity contribution in [3.63, 3.8) is 0 Å². The number of rotatable bonds is 12. The number of hydrogen-bond acceptors (Lipinski definition) is 2. The molecular formula is C19H32O2. The van der Waals surface area contributed by atoms with Gasteiger partial charge in [0.1, 0.15) is 0 Å². The summed E-state index contributed by atoms with van der Waals surface area (Å²) in [6.45, 7) is 2.26. The Bertz CT molecular complexity index is 320. The molecule has 21 heavy (non-hydrogen) atoms. The highest BCUT2D eigenvalue weighted by molar-refractivity contribution is 5.88. The number of carbonyl (C=O) groups excluding carboxylic acids is 1. The number of ether oxygens (including phenoxy) is 1. The molecule has 0 saturated carbocycles. The fourth-order valence-electron chi connectivity index (χ4n) is 2.22. The second kappa shape index (κ2) is 16.8. The van der Waals surface area contributed by atoms with Crippen LogP contribution in [0.4, 0.5) is 0 Å². The van der Waals surface area contributed by atoms with Gasteiger partial charge in [-0.05, 0) is 18.9 Å². The number of esters is 1. The maximum atomic E-state index is 10.7. The van der Waals surface area contributed by atoms with Gasteiger partial charge in [-0.2, -0.15) is 0 Å². The normalized spacial score (nSPS) is 10.4. The van der Waals surface area contributed by atoms with Gasteiger partial charge in [0.25, 0.3) is 0 Å². The van der Waals surface area contributed by atoms with E-state index in [4.69, 9.17) is 0 Å². The lowest BCUT2D eigenvalue weighted by Gasteiger charge is -2.01. The number of hydrogen-bond donors (Lipinski definition) is 0. The summed E-state index contributed by atoms with van der Waals surface area (Å²) in [4.78, 5) is 10.7. The predicted octanol–water partition coefficient (Wildman–Crippen LogP) is 5.42. The van der Waals surface area contributed by atoms with Crippen LogP contribution < -0.4 is 0 Å². The van der Waals surface area contributed by atoms with E-state index in [1.54, 1.807) is 6.08 Å². The molecule has 0 heterocycles. The third-order valence-corrected chi connectivity index (χ3v) is 3.54. The number of carbonyl (C=O) groups is 1. The number of unbranched alkanes of at least 4 members (excludes halogenated alkanes) is 11. The lowest BCUT2D eigenvalue weighted by atomic mass is 10.1. The molecule has 0 radical (unpaired) electrons. The first-order valence-electron chi connectivity index (χ1n) is 8.55. The average Bonchev–Trinajstić information content (AvgIpc) is 2.50. The van der Waals surface area contributed by atoms with Gasteiger partial charge in [0, 0.05) is 5.92 Å². The SMILES string of the molecule is CCCCCCCCCCCCC/C=C\C#CC(=O)OC. The Morgan fingerprint density at radius 1 is 0.905 bits per heavy atom. The van der Waals surface area contributed by atoms with Crippen LogP contribution >= 0.6 is 0 Å². The molecule has 0 aromatic carbocycles. The summed E-state index contributed by atoms with van der Waals surface area (Å²) in [5.74, 6) is 4.57. The lowest BCUT2D eigenvalue weighted by Crippen LogP contribution is -1.93. The Hall–Kier alpha value is -1.23. The molecule has 0 aromatic rings. The van der Waals surface area contributed by atoms with Crippen molar-refractivity contribution in [2.45, 2.75) is 84.0 Å². The van der Waals surface area contributed by atoms with Crippen LogP contribution in [-0.4, -0.2) is 13.1 Å². The van der Waals surface area contributed by atoms with E-state index in [0.29, 0.717) is 0 Å². The summed E-state index contributed by atoms with van der Waals surface area (Å²) in [6.07, 6.45) is 19.9. The van der Waals surface area contributed by atoms with E-state index >= 15 is 0 Å². The van der Waals surface area contributed by atoms with E-state index in [2.05, 4.69) is 23.5 Å². The van der Waals surface area contributed by atoms with Gasteiger partial charge in [-0.25, -0.2) is 4.79 Å². The Morgan fingerprint density at radius 2 is 1.43 bits per heavy atom. The van der Waals surface area contributed by atoms with Crippen LogP contribution in [0.1, 0.15) is 84.0 Å². The van der Waals surface area contributed by atoms with Gasteiger partial charge in [0.15, 0.2) is 0 Å². The van der Waals surface area contributed by atoms with Gasteiger partial charge in [0.05, 0.1) is 7.11 Å². The van der Waals surface area contributed by atoms with Crippen LogP contribution in [0.25, 0.3) is 0 Å². The molecule has 0 unspecified atom stereocenters. The maximum Gasteiger partial charge on any atom is 0.384 e. The van der Waals surface area contributed by atoms with Crippen LogP contribution in [0, 0.1) is 11.8 Å². The second-order valence-corrected chi connectivity index (χ2v) is 5.49. The Balaban J connectivity index is 3.20. The summed E-state index contributed by atoms with van der Waals surface area (Å²) in [7, 11) is 1.34. The maximum absolute atomic E-state index is 10.7. The van der Waals surface area contributed by atoms with Crippen molar-refractivity contribution in [2.24, 2.45) is 0 Å². The molecule has 0 bridgehead atoms. The average molecular weight is 292 g/mol. The molecule has 0 rings (SSSR count). The molecule has 0 aliphatic heterocycles. The van der Waals surface area contributed by atoms with E-state index in [1.807, 2.05) is 6.08 Å². The van der Waals surface area contributed by atoms with Crippen molar-refractivity contribution >= 4 is 5.97 Å². The Morgan fingerprint density at radius 3 is 1.95 bits per heavy atom. The largest absolute Gasteiger partial charge is 0.459 e. The van der Waals surface area contributed by atoms with Crippen molar-refractivity contribution in [1.82, 2.24) is 0 Å². The number of methoxy groups -OCH3 is 1. The van der Waals surface area contributed by atoms with Crippen molar-refractivity contribution in [3.8, 4) is 11.8 Å². The minimum Gasteiger partial charge on any atom is -0.459 e. The molecule has 0 saturated heterocycles. The zero-order chi connectivity index (χ0) is 15.6. The highest BCUT2D eigenvalue weighted by Crippen LogP contribution is 2.11. The molecule has 0 fully saturated rings. The molecule has 2 nitrogen and oxygen atoms in total. The van der Waals surface area contributed by atoms with Crippen LogP contribution in [0.5, 0.6) is 0 Å². The molecule has 0 amide bonds. The molecule has 0 aromatic heterocycles. The van der Waals surface area contributed by atoms with E-state index < -0.39 is 5.97 Å². The van der Waals surface area contributed by atoms with Crippen molar-refractivity contribution in [3.05, 3.63) is 12.2 Å². The molecule has 120 valence electrons. The molecule has 0 atom stereocenters. The Kier molecular flexibility index (Phi) is 15.8. The highest BCUT2D eigenvalue weighted by atomic mass is 16.5. The quantitative estimate of drug-likeness (QED) is 0.208. The zero-order valence-corrected chi connectivity index (χ0v) is 14.0. The van der Waals surface area contributed by atoms with Crippen LogP contribution in [-0.2, 0) is 9.53 Å². The van der Waals surface area contributed by atoms with Crippen LogP contribution in [0.15, 0.2) is 12.2 Å². The minimum absolute atomic E-state index is 0.477. The van der Waals surface area contributed by atoms with Crippen LogP contribution in [0.3, 0.4) is 0 Å². The summed E-state index contributed by atoms with van der Waals surface area (Å²) >= 11 is 0. The van der Waals surface area contributed by atoms with Crippen molar-refractivity contribution in [2.75, 3.05) is 7.11 Å². The first-order valence-corrected chi connectivity index (χ1v) is 8.55. The number of allylic oxidation sites excluding steroid dienone is 2. The molecular weight excluding hydrogens is 260 g/mol. The molecule has 2 heteroatoms. The van der Waals surface area contributed by atoms with Crippen molar-refractivity contribution in [1.29, 1.82) is 0 Å². The minimum atomic E-state index is -0.477. The third kappa shape index (κ3) is 16.7. The molecule has 0 spiro atoms. The highest BCUT2D eigenvalue weighted by Gasteiger charge is 1.92. The Labute approximate surface area is 131 Å². The van der Waals surface area contributed by atoms with Gasteiger partial charge in [-0.3, -0.25) is 0 Å². The summed E-state index contributed by atoms with van der Waals surface area (Å²) in [6, 6.07) is 0. The first kappa shape index (κ1) is 19.8. The van der Waals surface area contributed by atoms with Gasteiger partial charge < -0.3 is 4.74 Å². The fraction of sp³-hybridized carbons (Fsp3) is 0.737. The molecule has 0 aliphatic carbocycles. The van der Waals surface area contributed by atoms with E-state index in [1.165, 1.54) is 77.7 Å². The standard InChI is InChI=1S/C19H32O2/c1-3-4-5-6-7-8-9-10-11-12-13-14-15-16-17-18-19(20)21-2/h15-16H,3-14H2,1-2H3/b16-15-. The predicted molar refractivity (Wildman–Crippen MR) is 90.0 cm³/mol. The van der Waals surface area contributed by atoms with Gasteiger partial charge >= 0.3 is 5.97 Å². The molecule has 0 N–H and O–H groups in total. The summed E-state index contributed by atoms with van der Waals surface area (Å²) < 4.78 is 4.42. The van der Waals surface area contributed by atoms with Gasteiger partial charge in [-0.1, -0.05) is 83.1 Å². The molecule has 0 aliphatic rings. The lowest BCUT2D eigenvalue weighted by molar-refractivity contribution is -0.133. The smallest absolute Gasteiger partial charge is 0.384 e. The fourth-order valence-corrected chi connectivity index (χ4v) is 2.22. The van der Waals surface area contributed by atoms with E-state index in [-0.39, 0.29) is 0 Å². The van der Waals surface area contributed by atoms with Gasteiger partial charge in [-0.15, -0.1) is 0 Å². The van der Waals surface area contributed by atoms with E-state index in [0.717, 1.165) is 6.42 Å². The summed E-state index contributed by atoms with van der Waals surface area (Å²) in [5.41, 5.74) is 0. The topological polar surface area (TPSA) is 26.3 Å². The van der Waals surface area contributed by atoms with E-state index in [9.17, 15) is 4.79 Å². The first-order chi connectivity index (χ1) is 10.3. The van der Waals surface area contributed by atoms with Crippen molar-refractivity contribution < 1.29 is 9.53 Å².